The zero-order valence-corrected chi connectivity index (χ0v) is 17.9. The van der Waals surface area contributed by atoms with Crippen LogP contribution in [0.2, 0.25) is 0 Å². The molecule has 33 heavy (non-hydrogen) atoms. The summed E-state index contributed by atoms with van der Waals surface area (Å²) in [6.45, 7) is 2.35. The van der Waals surface area contributed by atoms with E-state index < -0.39 is 12.1 Å². The van der Waals surface area contributed by atoms with Gasteiger partial charge in [-0.05, 0) is 37.3 Å². The molecule has 2 N–H and O–H groups in total. The molecule has 2 heterocycles. The first kappa shape index (κ1) is 20.8. The maximum absolute atomic E-state index is 14.8. The summed E-state index contributed by atoms with van der Waals surface area (Å²) in [5.74, 6) is -0.598. The fourth-order valence-electron chi connectivity index (χ4n) is 4.03. The van der Waals surface area contributed by atoms with E-state index in [9.17, 15) is 9.18 Å². The average Bonchev–Trinajstić information content (AvgIpc) is 2.96. The number of hydrogen-bond acceptors (Lipinski definition) is 5. The molecule has 0 saturated heterocycles. The van der Waals surface area contributed by atoms with Gasteiger partial charge in [-0.25, -0.2) is 19.2 Å². The predicted octanol–water partition coefficient (Wildman–Crippen LogP) is 5.42. The van der Waals surface area contributed by atoms with Crippen LogP contribution in [-0.4, -0.2) is 32.9 Å². The third-order valence-electron chi connectivity index (χ3n) is 5.71. The molecule has 1 aliphatic carbocycles. The second-order valence-electron chi connectivity index (χ2n) is 8.04. The monoisotopic (exact) mass is 440 g/mol. The van der Waals surface area contributed by atoms with Gasteiger partial charge in [0.15, 0.2) is 0 Å². The number of allylic oxidation sites excluding steroid dienone is 4. The van der Waals surface area contributed by atoms with Crippen molar-refractivity contribution in [2.75, 3.05) is 5.32 Å². The number of carboxylic acids is 1. The summed E-state index contributed by atoms with van der Waals surface area (Å²) in [5.41, 5.74) is 6.50. The lowest BCUT2D eigenvalue weighted by Crippen LogP contribution is -2.17. The van der Waals surface area contributed by atoms with Crippen LogP contribution in [-0.2, 0) is 6.54 Å². The number of aromatic carboxylic acids is 1. The van der Waals surface area contributed by atoms with E-state index in [1.165, 1.54) is 12.1 Å². The minimum absolute atomic E-state index is 0.204. The van der Waals surface area contributed by atoms with Gasteiger partial charge in [-0.2, -0.15) is 0 Å². The second-order valence-corrected chi connectivity index (χ2v) is 8.04. The molecule has 1 aliphatic heterocycles. The number of nitrogens with zero attached hydrogens (tertiary/aromatic N) is 3. The van der Waals surface area contributed by atoms with Gasteiger partial charge in [0.25, 0.3) is 0 Å². The molecule has 0 amide bonds. The summed E-state index contributed by atoms with van der Waals surface area (Å²) < 4.78 is 14.8. The number of benzene rings is 2. The highest BCUT2D eigenvalue weighted by Gasteiger charge is 2.26. The van der Waals surface area contributed by atoms with Gasteiger partial charge in [0.1, 0.15) is 6.17 Å². The third kappa shape index (κ3) is 4.05. The van der Waals surface area contributed by atoms with Crippen LogP contribution >= 0.6 is 0 Å². The normalized spacial score (nSPS) is 16.7. The molecular formula is C26H21FN4O2. The van der Waals surface area contributed by atoms with Crippen LogP contribution in [0.1, 0.15) is 33.5 Å². The molecule has 7 heteroatoms. The maximum atomic E-state index is 14.8. The van der Waals surface area contributed by atoms with Gasteiger partial charge in [0.05, 0.1) is 23.5 Å². The third-order valence-corrected chi connectivity index (χ3v) is 5.71. The van der Waals surface area contributed by atoms with Crippen LogP contribution in [0.25, 0.3) is 11.3 Å². The molecule has 0 spiro atoms. The maximum Gasteiger partial charge on any atom is 0.335 e. The molecule has 0 fully saturated rings. The lowest BCUT2D eigenvalue weighted by molar-refractivity contribution is 0.0697. The number of carbonyl (C=O) groups is 1. The van der Waals surface area contributed by atoms with Crippen LogP contribution in [0.5, 0.6) is 0 Å². The van der Waals surface area contributed by atoms with E-state index in [2.05, 4.69) is 10.3 Å². The molecule has 164 valence electrons. The smallest absolute Gasteiger partial charge is 0.335 e. The first-order chi connectivity index (χ1) is 16.0. The van der Waals surface area contributed by atoms with Crippen molar-refractivity contribution in [3.05, 3.63) is 94.7 Å². The largest absolute Gasteiger partial charge is 0.478 e. The van der Waals surface area contributed by atoms with E-state index in [4.69, 9.17) is 15.1 Å². The molecule has 1 atom stereocenters. The number of aryl methyl sites for hydroxylation is 1. The molecule has 2 aliphatic rings. The van der Waals surface area contributed by atoms with Crippen molar-refractivity contribution in [1.82, 2.24) is 9.97 Å². The SMILES string of the molecule is Cc1ccc2c(c1)C(C1=CC=CCC1F)=NCc1cnc(Nc3ccc(C(=O)O)cc3)nc1-2. The molecular weight excluding hydrogens is 419 g/mol. The lowest BCUT2D eigenvalue weighted by atomic mass is 9.89. The van der Waals surface area contributed by atoms with Gasteiger partial charge in [-0.15, -0.1) is 0 Å². The highest BCUT2D eigenvalue weighted by molar-refractivity contribution is 6.17. The fraction of sp³-hybridized carbons (Fsp3) is 0.154. The van der Waals surface area contributed by atoms with Crippen molar-refractivity contribution in [2.24, 2.45) is 4.99 Å². The van der Waals surface area contributed by atoms with Crippen LogP contribution in [0, 0.1) is 6.92 Å². The van der Waals surface area contributed by atoms with Crippen molar-refractivity contribution in [3.8, 4) is 11.3 Å². The molecule has 0 saturated carbocycles. The zero-order valence-electron chi connectivity index (χ0n) is 17.9. The van der Waals surface area contributed by atoms with E-state index >= 15 is 0 Å². The van der Waals surface area contributed by atoms with Gasteiger partial charge < -0.3 is 10.4 Å². The number of halogens is 1. The summed E-state index contributed by atoms with van der Waals surface area (Å²) in [6.07, 6.45) is 6.47. The average molecular weight is 440 g/mol. The van der Waals surface area contributed by atoms with E-state index in [1.807, 2.05) is 37.3 Å². The molecule has 5 rings (SSSR count). The molecule has 0 radical (unpaired) electrons. The Morgan fingerprint density at radius 3 is 2.73 bits per heavy atom. The number of carboxylic acid groups (broad SMARTS) is 1. The lowest BCUT2D eigenvalue weighted by Gasteiger charge is -2.18. The highest BCUT2D eigenvalue weighted by Crippen LogP contribution is 2.34. The van der Waals surface area contributed by atoms with E-state index in [-0.39, 0.29) is 5.56 Å². The molecule has 1 aromatic heterocycles. The Bertz CT molecular complexity index is 1340. The van der Waals surface area contributed by atoms with Crippen molar-refractivity contribution in [3.63, 3.8) is 0 Å². The van der Waals surface area contributed by atoms with Crippen molar-refractivity contribution in [1.29, 1.82) is 0 Å². The van der Waals surface area contributed by atoms with E-state index in [0.29, 0.717) is 35.9 Å². The van der Waals surface area contributed by atoms with Gasteiger partial charge >= 0.3 is 5.97 Å². The molecule has 2 aromatic carbocycles. The van der Waals surface area contributed by atoms with Crippen LogP contribution in [0.4, 0.5) is 16.0 Å². The first-order valence-electron chi connectivity index (χ1n) is 10.6. The Morgan fingerprint density at radius 2 is 1.97 bits per heavy atom. The Morgan fingerprint density at radius 1 is 1.15 bits per heavy atom. The van der Waals surface area contributed by atoms with Crippen molar-refractivity contribution >= 4 is 23.3 Å². The Hall–Kier alpha value is -4.13. The molecule has 0 bridgehead atoms. The van der Waals surface area contributed by atoms with Crippen LogP contribution in [0.3, 0.4) is 0 Å². The Kier molecular flexibility index (Phi) is 5.30. The number of fused-ring (bicyclic) bond motifs is 3. The number of anilines is 2. The van der Waals surface area contributed by atoms with Gasteiger partial charge in [-0.1, -0.05) is 35.9 Å². The van der Waals surface area contributed by atoms with Crippen LogP contribution < -0.4 is 5.32 Å². The summed E-state index contributed by atoms with van der Waals surface area (Å²) in [4.78, 5) is 25.0. The number of aliphatic imine (C=N–C) groups is 1. The number of rotatable bonds is 4. The van der Waals surface area contributed by atoms with E-state index in [1.54, 1.807) is 24.4 Å². The summed E-state index contributed by atoms with van der Waals surface area (Å²) in [5, 5.41) is 12.2. The van der Waals surface area contributed by atoms with Gasteiger partial charge in [-0.3, -0.25) is 4.99 Å². The first-order valence-corrected chi connectivity index (χ1v) is 10.6. The highest BCUT2D eigenvalue weighted by atomic mass is 19.1. The number of aromatic nitrogens is 2. The quantitative estimate of drug-likeness (QED) is 0.566. The number of nitrogens with one attached hydrogen (secondary N) is 1. The molecule has 3 aromatic rings. The molecule has 1 unspecified atom stereocenters. The minimum Gasteiger partial charge on any atom is -0.478 e. The topological polar surface area (TPSA) is 87.5 Å². The minimum atomic E-state index is -1.10. The standard InChI is InChI=1S/C26H21FN4O2/c1-15-6-11-19-21(12-15)24(20-4-2-3-5-22(20)27)28-13-17-14-29-26(31-23(17)19)30-18-9-7-16(8-10-18)25(32)33/h2-4,6-12,14,22H,5,13H2,1H3,(H,32,33)(H,29,30,31). The summed E-state index contributed by atoms with van der Waals surface area (Å²) in [6, 6.07) is 12.4. The molecule has 6 nitrogen and oxygen atoms in total. The summed E-state index contributed by atoms with van der Waals surface area (Å²) in [7, 11) is 0. The van der Waals surface area contributed by atoms with Crippen LogP contribution in [0.15, 0.2) is 77.5 Å². The fourth-order valence-corrected chi connectivity index (χ4v) is 4.03. The van der Waals surface area contributed by atoms with Gasteiger partial charge in [0.2, 0.25) is 5.95 Å². The second kappa shape index (κ2) is 8.43. The summed E-state index contributed by atoms with van der Waals surface area (Å²) >= 11 is 0. The zero-order chi connectivity index (χ0) is 22.9. The van der Waals surface area contributed by atoms with Crippen molar-refractivity contribution in [2.45, 2.75) is 26.1 Å². The predicted molar refractivity (Wildman–Crippen MR) is 126 cm³/mol. The Labute approximate surface area is 190 Å². The van der Waals surface area contributed by atoms with Crippen molar-refractivity contribution < 1.29 is 14.3 Å². The Balaban J connectivity index is 1.55. The van der Waals surface area contributed by atoms with E-state index in [0.717, 1.165) is 27.9 Å². The number of hydrogen-bond donors (Lipinski definition) is 2. The number of alkyl halides is 1. The van der Waals surface area contributed by atoms with Gasteiger partial charge in [0, 0.05) is 40.6 Å².